The Morgan fingerprint density at radius 1 is 1.24 bits per heavy atom. The topological polar surface area (TPSA) is 18.5 Å². The lowest BCUT2D eigenvalue weighted by Gasteiger charge is -2.04. The Kier molecular flexibility index (Phi) is 5.02. The Morgan fingerprint density at radius 2 is 1.82 bits per heavy atom. The van der Waals surface area contributed by atoms with E-state index >= 15 is 0 Å². The van der Waals surface area contributed by atoms with E-state index in [9.17, 15) is 8.78 Å². The molecule has 6 heteroatoms. The van der Waals surface area contributed by atoms with Crippen LogP contribution in [0.15, 0.2) is 30.9 Å². The van der Waals surface area contributed by atoms with Gasteiger partial charge in [0.25, 0.3) is 0 Å². The van der Waals surface area contributed by atoms with Crippen molar-refractivity contribution in [2.75, 3.05) is 5.88 Å². The van der Waals surface area contributed by atoms with Gasteiger partial charge >= 0.3 is 6.29 Å². The van der Waals surface area contributed by atoms with E-state index in [0.29, 0.717) is 11.4 Å². The number of rotatable bonds is 2. The van der Waals surface area contributed by atoms with Crippen LogP contribution in [0.4, 0.5) is 8.78 Å². The van der Waals surface area contributed by atoms with Crippen LogP contribution >= 0.6 is 23.2 Å². The first kappa shape index (κ1) is 14.1. The van der Waals surface area contributed by atoms with Crippen molar-refractivity contribution in [3.8, 4) is 11.5 Å². The lowest BCUT2D eigenvalue weighted by molar-refractivity contribution is -0.286. The van der Waals surface area contributed by atoms with Gasteiger partial charge in [0.05, 0.1) is 0 Å². The first-order chi connectivity index (χ1) is 8.02. The Balaban J connectivity index is 0.000000317. The molecule has 0 N–H and O–H groups in total. The van der Waals surface area contributed by atoms with E-state index in [0.717, 1.165) is 0 Å². The molecular formula is C11H10Cl2F2O2. The molecule has 1 aliphatic rings. The Morgan fingerprint density at radius 3 is 2.35 bits per heavy atom. The fourth-order valence-corrected chi connectivity index (χ4v) is 1.24. The van der Waals surface area contributed by atoms with Crippen LogP contribution in [0.5, 0.6) is 11.5 Å². The Labute approximate surface area is 108 Å². The summed E-state index contributed by atoms with van der Waals surface area (Å²) in [6, 6.07) is 4.45. The van der Waals surface area contributed by atoms with E-state index < -0.39 is 6.29 Å². The van der Waals surface area contributed by atoms with Gasteiger partial charge in [-0.25, -0.2) is 0 Å². The maximum absolute atomic E-state index is 12.5. The molecule has 17 heavy (non-hydrogen) atoms. The van der Waals surface area contributed by atoms with Crippen LogP contribution in [-0.4, -0.2) is 12.2 Å². The summed E-state index contributed by atoms with van der Waals surface area (Å²) in [5.74, 6) is 0.879. The van der Waals surface area contributed by atoms with Crippen molar-refractivity contribution in [3.63, 3.8) is 0 Å². The van der Waals surface area contributed by atoms with Gasteiger partial charge in [0.2, 0.25) is 0 Å². The van der Waals surface area contributed by atoms with Gasteiger partial charge in [-0.05, 0) is 17.7 Å². The maximum atomic E-state index is 12.5. The predicted octanol–water partition coefficient (Wildman–Crippen LogP) is 4.16. The molecule has 2 rings (SSSR count). The second-order valence-corrected chi connectivity index (χ2v) is 3.60. The third-order valence-electron chi connectivity index (χ3n) is 1.73. The second kappa shape index (κ2) is 6.07. The number of alkyl halides is 4. The van der Waals surface area contributed by atoms with E-state index in [1.807, 2.05) is 0 Å². The molecule has 0 fully saturated rings. The van der Waals surface area contributed by atoms with E-state index in [-0.39, 0.29) is 17.4 Å². The monoisotopic (exact) mass is 282 g/mol. The first-order valence-electron chi connectivity index (χ1n) is 4.64. The van der Waals surface area contributed by atoms with Gasteiger partial charge in [-0.2, -0.15) is 0 Å². The summed E-state index contributed by atoms with van der Waals surface area (Å²) < 4.78 is 33.4. The zero-order chi connectivity index (χ0) is 12.9. The lowest BCUT2D eigenvalue weighted by atomic mass is 10.2. The number of fused-ring (bicyclic) bond motifs is 1. The van der Waals surface area contributed by atoms with E-state index in [1.165, 1.54) is 12.1 Å². The average Bonchev–Trinajstić information content (AvgIpc) is 2.61. The minimum atomic E-state index is -3.55. The quantitative estimate of drug-likeness (QED) is 0.599. The molecule has 0 aliphatic carbocycles. The third kappa shape index (κ3) is 4.06. The molecule has 0 spiro atoms. The molecule has 0 bridgehead atoms. The molecule has 1 aromatic rings. The molecule has 1 aliphatic heterocycles. The standard InChI is InChI=1S/C8H5ClF2O2.C3H5Cl/c9-4-5-1-2-6-7(3-5)13-8(10,11)12-6;1-2-3-4/h1-3H,4H2;2H,1,3H2. The number of ether oxygens (including phenoxy) is 2. The lowest BCUT2D eigenvalue weighted by Crippen LogP contribution is -2.25. The van der Waals surface area contributed by atoms with Gasteiger partial charge in [0, 0.05) is 11.8 Å². The molecule has 0 radical (unpaired) electrons. The van der Waals surface area contributed by atoms with Crippen LogP contribution < -0.4 is 9.47 Å². The minimum Gasteiger partial charge on any atom is -0.395 e. The van der Waals surface area contributed by atoms with Crippen molar-refractivity contribution in [1.82, 2.24) is 0 Å². The van der Waals surface area contributed by atoms with E-state index in [2.05, 4.69) is 16.1 Å². The van der Waals surface area contributed by atoms with Gasteiger partial charge in [-0.3, -0.25) is 0 Å². The summed E-state index contributed by atoms with van der Waals surface area (Å²) >= 11 is 10.6. The van der Waals surface area contributed by atoms with Gasteiger partial charge in [-0.1, -0.05) is 12.1 Å². The van der Waals surface area contributed by atoms with Crippen molar-refractivity contribution in [1.29, 1.82) is 0 Å². The molecule has 0 saturated carbocycles. The Bertz CT molecular complexity index is 397. The summed E-state index contributed by atoms with van der Waals surface area (Å²) in [6.07, 6.45) is -1.91. The molecule has 0 atom stereocenters. The number of halogens is 4. The van der Waals surface area contributed by atoms with Crippen molar-refractivity contribution < 1.29 is 18.3 Å². The van der Waals surface area contributed by atoms with Crippen molar-refractivity contribution in [2.45, 2.75) is 12.2 Å². The molecule has 94 valence electrons. The smallest absolute Gasteiger partial charge is 0.395 e. The van der Waals surface area contributed by atoms with Crippen LogP contribution in [0.3, 0.4) is 0 Å². The van der Waals surface area contributed by atoms with Crippen molar-refractivity contribution >= 4 is 23.2 Å². The number of allylic oxidation sites excluding steroid dienone is 1. The molecule has 0 aromatic heterocycles. The van der Waals surface area contributed by atoms with Crippen LogP contribution in [0.2, 0.25) is 0 Å². The highest BCUT2D eigenvalue weighted by atomic mass is 35.5. The normalized spacial score (nSPS) is 14.8. The highest BCUT2D eigenvalue weighted by Gasteiger charge is 2.43. The molecule has 2 nitrogen and oxygen atoms in total. The second-order valence-electron chi connectivity index (χ2n) is 3.03. The third-order valence-corrected chi connectivity index (χ3v) is 2.26. The zero-order valence-electron chi connectivity index (χ0n) is 8.76. The fourth-order valence-electron chi connectivity index (χ4n) is 1.08. The highest BCUT2D eigenvalue weighted by Crippen LogP contribution is 2.41. The zero-order valence-corrected chi connectivity index (χ0v) is 10.3. The van der Waals surface area contributed by atoms with Crippen molar-refractivity contribution in [2.24, 2.45) is 0 Å². The molecule has 0 saturated heterocycles. The van der Waals surface area contributed by atoms with Gasteiger partial charge in [-0.15, -0.1) is 38.6 Å². The molecule has 1 heterocycles. The first-order valence-corrected chi connectivity index (χ1v) is 5.71. The summed E-state index contributed by atoms with van der Waals surface area (Å²) in [5, 5.41) is 0. The predicted molar refractivity (Wildman–Crippen MR) is 63.1 cm³/mol. The summed E-state index contributed by atoms with van der Waals surface area (Å²) in [5.41, 5.74) is 0.710. The summed E-state index contributed by atoms with van der Waals surface area (Å²) in [7, 11) is 0. The fraction of sp³-hybridized carbons (Fsp3) is 0.273. The molecule has 0 amide bonds. The average molecular weight is 283 g/mol. The molecule has 0 unspecified atom stereocenters. The van der Waals surface area contributed by atoms with Crippen LogP contribution in [0.1, 0.15) is 5.56 Å². The van der Waals surface area contributed by atoms with Gasteiger partial charge in [0.15, 0.2) is 11.5 Å². The largest absolute Gasteiger partial charge is 0.586 e. The van der Waals surface area contributed by atoms with Gasteiger partial charge < -0.3 is 9.47 Å². The Hall–Kier alpha value is -1.00. The van der Waals surface area contributed by atoms with Crippen LogP contribution in [0, 0.1) is 0 Å². The van der Waals surface area contributed by atoms with E-state index in [1.54, 1.807) is 12.1 Å². The van der Waals surface area contributed by atoms with Crippen molar-refractivity contribution in [3.05, 3.63) is 36.4 Å². The number of hydrogen-bond donors (Lipinski definition) is 0. The molecule has 1 aromatic carbocycles. The molecular weight excluding hydrogens is 273 g/mol. The summed E-state index contributed by atoms with van der Waals surface area (Å²) in [6.45, 7) is 3.35. The highest BCUT2D eigenvalue weighted by molar-refractivity contribution is 6.18. The van der Waals surface area contributed by atoms with Gasteiger partial charge in [0.1, 0.15) is 0 Å². The number of benzene rings is 1. The van der Waals surface area contributed by atoms with Crippen LogP contribution in [-0.2, 0) is 5.88 Å². The van der Waals surface area contributed by atoms with Crippen LogP contribution in [0.25, 0.3) is 0 Å². The number of hydrogen-bond acceptors (Lipinski definition) is 2. The SMILES string of the molecule is C=CCCl.FC1(F)Oc2ccc(CCl)cc2O1. The summed E-state index contributed by atoms with van der Waals surface area (Å²) in [4.78, 5) is 0. The maximum Gasteiger partial charge on any atom is 0.586 e. The van der Waals surface area contributed by atoms with E-state index in [4.69, 9.17) is 23.2 Å². The minimum absolute atomic E-state index is 0.0307.